The van der Waals surface area contributed by atoms with Gasteiger partial charge in [0, 0.05) is 24.5 Å². The van der Waals surface area contributed by atoms with Gasteiger partial charge >= 0.3 is 5.69 Å². The molecule has 1 heterocycles. The molecule has 0 spiro atoms. The van der Waals surface area contributed by atoms with Crippen molar-refractivity contribution < 1.29 is 18.5 Å². The van der Waals surface area contributed by atoms with E-state index in [1.807, 2.05) is 0 Å². The maximum absolute atomic E-state index is 13.6. The minimum absolute atomic E-state index is 0.310. The number of hydrogen-bond acceptors (Lipinski definition) is 4. The number of nitro benzene ring substituents is 1. The van der Waals surface area contributed by atoms with Gasteiger partial charge in [0.15, 0.2) is 0 Å². The summed E-state index contributed by atoms with van der Waals surface area (Å²) < 4.78 is 26.8. The number of benzene rings is 1. The lowest BCUT2D eigenvalue weighted by Crippen LogP contribution is -2.28. The lowest BCUT2D eigenvalue weighted by atomic mass is 10.1. The Kier molecular flexibility index (Phi) is 3.92. The summed E-state index contributed by atoms with van der Waals surface area (Å²) in [5, 5.41) is 13.0. The Morgan fingerprint density at radius 1 is 1.43 bits per heavy atom. The van der Waals surface area contributed by atoms with Crippen LogP contribution < -0.4 is 5.32 Å². The number of nitrogens with one attached hydrogen (secondary N) is 2. The summed E-state index contributed by atoms with van der Waals surface area (Å²) >= 11 is 0. The zero-order valence-electron chi connectivity index (χ0n) is 10.8. The fourth-order valence-electron chi connectivity index (χ4n) is 1.71. The second-order valence-electron chi connectivity index (χ2n) is 4.21. The lowest BCUT2D eigenvalue weighted by Gasteiger charge is -2.12. The molecule has 1 aromatic heterocycles. The minimum atomic E-state index is -1.34. The molecule has 0 aliphatic rings. The third-order valence-electron chi connectivity index (χ3n) is 2.75. The third-order valence-corrected chi connectivity index (χ3v) is 2.75. The van der Waals surface area contributed by atoms with Gasteiger partial charge in [0.05, 0.1) is 16.5 Å². The first-order valence-corrected chi connectivity index (χ1v) is 5.83. The van der Waals surface area contributed by atoms with Crippen LogP contribution in [0.3, 0.4) is 0 Å². The molecule has 2 aromatic rings. The van der Waals surface area contributed by atoms with Crippen LogP contribution in [-0.2, 0) is 0 Å². The van der Waals surface area contributed by atoms with Gasteiger partial charge in [-0.15, -0.1) is 0 Å². The van der Waals surface area contributed by atoms with E-state index in [0.29, 0.717) is 18.0 Å². The number of aromatic nitrogens is 2. The average Bonchev–Trinajstić information content (AvgIpc) is 2.91. The monoisotopic (exact) mass is 296 g/mol. The van der Waals surface area contributed by atoms with Gasteiger partial charge in [-0.25, -0.2) is 9.37 Å². The van der Waals surface area contributed by atoms with Crippen LogP contribution in [-0.4, -0.2) is 20.8 Å². The Morgan fingerprint density at radius 3 is 2.71 bits per heavy atom. The smallest absolute Gasteiger partial charge is 0.305 e. The molecule has 0 aliphatic heterocycles. The van der Waals surface area contributed by atoms with E-state index in [2.05, 4.69) is 15.3 Å². The van der Waals surface area contributed by atoms with Crippen molar-refractivity contribution in [2.24, 2.45) is 0 Å². The number of halogens is 2. The highest BCUT2D eigenvalue weighted by Crippen LogP contribution is 2.22. The van der Waals surface area contributed by atoms with Gasteiger partial charge in [-0.2, -0.15) is 4.39 Å². The molecule has 1 atom stereocenters. The molecular weight excluding hydrogens is 286 g/mol. The second kappa shape index (κ2) is 5.65. The number of aromatic amines is 1. The number of H-pyrrole nitrogens is 1. The van der Waals surface area contributed by atoms with Crippen LogP contribution in [0.1, 0.15) is 29.1 Å². The van der Waals surface area contributed by atoms with Gasteiger partial charge in [0.25, 0.3) is 5.91 Å². The molecule has 1 unspecified atom stereocenters. The summed E-state index contributed by atoms with van der Waals surface area (Å²) in [7, 11) is 0. The molecule has 110 valence electrons. The summed E-state index contributed by atoms with van der Waals surface area (Å²) in [5.41, 5.74) is -1.58. The fraction of sp³-hybridized carbons (Fsp3) is 0.167. The van der Waals surface area contributed by atoms with Crippen LogP contribution in [0.5, 0.6) is 0 Å². The quantitative estimate of drug-likeness (QED) is 0.666. The zero-order chi connectivity index (χ0) is 15.6. The fourth-order valence-corrected chi connectivity index (χ4v) is 1.71. The van der Waals surface area contributed by atoms with Crippen molar-refractivity contribution in [3.8, 4) is 0 Å². The van der Waals surface area contributed by atoms with Gasteiger partial charge in [0.1, 0.15) is 11.6 Å². The standard InChI is InChI=1S/C12H10F2N4O3/c1-6(11-15-2-3-16-11)17-12(19)7-4-10(18(20)21)9(14)5-8(7)13/h2-6H,1H3,(H,15,16)(H,17,19). The topological polar surface area (TPSA) is 101 Å². The van der Waals surface area contributed by atoms with E-state index in [-0.39, 0.29) is 0 Å². The second-order valence-corrected chi connectivity index (χ2v) is 4.21. The van der Waals surface area contributed by atoms with Crippen LogP contribution in [0.4, 0.5) is 14.5 Å². The summed E-state index contributed by atoms with van der Waals surface area (Å²) in [6, 6.07) is 0.301. The lowest BCUT2D eigenvalue weighted by molar-refractivity contribution is -0.387. The number of hydrogen-bond donors (Lipinski definition) is 2. The molecule has 2 rings (SSSR count). The van der Waals surface area contributed by atoms with Crippen LogP contribution in [0, 0.1) is 21.7 Å². The summed E-state index contributed by atoms with van der Waals surface area (Å²) in [4.78, 5) is 28.2. The number of rotatable bonds is 4. The maximum atomic E-state index is 13.6. The number of nitro groups is 1. The summed E-state index contributed by atoms with van der Waals surface area (Å²) in [6.07, 6.45) is 3.02. The Labute approximate surface area is 117 Å². The van der Waals surface area contributed by atoms with Crippen LogP contribution in [0.15, 0.2) is 24.5 Å². The van der Waals surface area contributed by atoms with Crippen LogP contribution in [0.2, 0.25) is 0 Å². The number of carbonyl (C=O) groups excluding carboxylic acids is 1. The average molecular weight is 296 g/mol. The number of carbonyl (C=O) groups is 1. The van der Waals surface area contributed by atoms with E-state index in [4.69, 9.17) is 0 Å². The highest BCUT2D eigenvalue weighted by Gasteiger charge is 2.23. The molecule has 0 aliphatic carbocycles. The number of nitrogens with zero attached hydrogens (tertiary/aromatic N) is 2. The van der Waals surface area contributed by atoms with Crippen LogP contribution in [0.25, 0.3) is 0 Å². The molecule has 2 N–H and O–H groups in total. The van der Waals surface area contributed by atoms with E-state index < -0.39 is 39.8 Å². The molecule has 0 bridgehead atoms. The van der Waals surface area contributed by atoms with Crippen molar-refractivity contribution in [3.05, 3.63) is 57.7 Å². The Bertz CT molecular complexity index is 688. The van der Waals surface area contributed by atoms with Crippen molar-refractivity contribution in [2.75, 3.05) is 0 Å². The zero-order valence-corrected chi connectivity index (χ0v) is 10.8. The van der Waals surface area contributed by atoms with Gasteiger partial charge in [-0.1, -0.05) is 0 Å². The molecule has 0 saturated carbocycles. The first kappa shape index (κ1) is 14.6. The first-order chi connectivity index (χ1) is 9.90. The van der Waals surface area contributed by atoms with Crippen molar-refractivity contribution in [1.29, 1.82) is 0 Å². The van der Waals surface area contributed by atoms with Crippen molar-refractivity contribution in [3.63, 3.8) is 0 Å². The van der Waals surface area contributed by atoms with Gasteiger partial charge in [0.2, 0.25) is 5.82 Å². The predicted octanol–water partition coefficient (Wildman–Crippen LogP) is 2.09. The van der Waals surface area contributed by atoms with E-state index >= 15 is 0 Å². The SMILES string of the molecule is CC(NC(=O)c1cc([N+](=O)[O-])c(F)cc1F)c1ncc[nH]1. The third kappa shape index (κ3) is 3.02. The van der Waals surface area contributed by atoms with Gasteiger partial charge in [-0.05, 0) is 6.92 Å². The van der Waals surface area contributed by atoms with E-state index in [1.54, 1.807) is 13.1 Å². The highest BCUT2D eigenvalue weighted by molar-refractivity contribution is 5.95. The van der Waals surface area contributed by atoms with E-state index in [0.717, 1.165) is 0 Å². The minimum Gasteiger partial charge on any atom is -0.347 e. The molecule has 9 heteroatoms. The number of amides is 1. The molecule has 21 heavy (non-hydrogen) atoms. The van der Waals surface area contributed by atoms with Crippen molar-refractivity contribution >= 4 is 11.6 Å². The Balaban J connectivity index is 2.27. The molecular formula is C12H10F2N4O3. The van der Waals surface area contributed by atoms with Crippen molar-refractivity contribution in [2.45, 2.75) is 13.0 Å². The van der Waals surface area contributed by atoms with Gasteiger partial charge < -0.3 is 10.3 Å². The summed E-state index contributed by atoms with van der Waals surface area (Å²) in [6.45, 7) is 1.59. The van der Waals surface area contributed by atoms with Gasteiger partial charge in [-0.3, -0.25) is 14.9 Å². The molecule has 1 aromatic carbocycles. The normalized spacial score (nSPS) is 12.0. The maximum Gasteiger partial charge on any atom is 0.305 e. The molecule has 0 saturated heterocycles. The largest absolute Gasteiger partial charge is 0.347 e. The molecule has 0 radical (unpaired) electrons. The summed E-state index contributed by atoms with van der Waals surface area (Å²) in [5.74, 6) is -2.99. The predicted molar refractivity (Wildman–Crippen MR) is 67.5 cm³/mol. The molecule has 1 amide bonds. The number of imidazole rings is 1. The molecule has 7 nitrogen and oxygen atoms in total. The van der Waals surface area contributed by atoms with E-state index in [9.17, 15) is 23.7 Å². The van der Waals surface area contributed by atoms with Crippen molar-refractivity contribution in [1.82, 2.24) is 15.3 Å². The Morgan fingerprint density at radius 2 is 2.14 bits per heavy atom. The van der Waals surface area contributed by atoms with E-state index in [1.165, 1.54) is 6.20 Å². The highest BCUT2D eigenvalue weighted by atomic mass is 19.1. The molecule has 0 fully saturated rings. The first-order valence-electron chi connectivity index (χ1n) is 5.83. The Hall–Kier alpha value is -2.84. The van der Waals surface area contributed by atoms with Crippen LogP contribution >= 0.6 is 0 Å².